The molecule has 0 aliphatic heterocycles. The number of halogens is 1. The molecule has 0 fully saturated rings. The van der Waals surface area contributed by atoms with Gasteiger partial charge in [0.2, 0.25) is 0 Å². The minimum Gasteiger partial charge on any atom is -0.466 e. The Balaban J connectivity index is 0.00000256. The van der Waals surface area contributed by atoms with Crippen LogP contribution in [0.4, 0.5) is 0 Å². The zero-order chi connectivity index (χ0) is 12.0. The standard InChI is InChI=1S/C12H21N3O.HI/c1-5-6-14-12(13-4)15-8-11-7-9(2)16-10(11)3;/h7H,5-6,8H2,1-4H3,(H2,13,14,15);1H. The molecule has 17 heavy (non-hydrogen) atoms. The highest BCUT2D eigenvalue weighted by atomic mass is 127. The molecule has 0 aromatic carbocycles. The van der Waals surface area contributed by atoms with Crippen LogP contribution in [0.25, 0.3) is 0 Å². The molecule has 0 bridgehead atoms. The first kappa shape index (κ1) is 16.3. The van der Waals surface area contributed by atoms with Crippen molar-refractivity contribution in [1.29, 1.82) is 0 Å². The molecule has 1 heterocycles. The van der Waals surface area contributed by atoms with Crippen LogP contribution in [0.15, 0.2) is 15.5 Å². The number of guanidine groups is 1. The van der Waals surface area contributed by atoms with E-state index in [1.165, 1.54) is 5.56 Å². The molecule has 4 nitrogen and oxygen atoms in total. The van der Waals surface area contributed by atoms with Gasteiger partial charge in [0.05, 0.1) is 0 Å². The van der Waals surface area contributed by atoms with Gasteiger partial charge in [0, 0.05) is 25.7 Å². The Kier molecular flexibility index (Phi) is 8.03. The Morgan fingerprint density at radius 2 is 2.06 bits per heavy atom. The third kappa shape index (κ3) is 5.43. The number of aryl methyl sites for hydroxylation is 2. The predicted octanol–water partition coefficient (Wildman–Crippen LogP) is 2.59. The van der Waals surface area contributed by atoms with E-state index in [2.05, 4.69) is 28.6 Å². The van der Waals surface area contributed by atoms with Crippen LogP contribution >= 0.6 is 24.0 Å². The van der Waals surface area contributed by atoms with Gasteiger partial charge in [-0.3, -0.25) is 4.99 Å². The number of furan rings is 1. The first-order valence-electron chi connectivity index (χ1n) is 5.67. The molecule has 0 unspecified atom stereocenters. The minimum absolute atomic E-state index is 0. The average Bonchev–Trinajstić information content (AvgIpc) is 2.58. The summed E-state index contributed by atoms with van der Waals surface area (Å²) in [6.07, 6.45) is 1.09. The van der Waals surface area contributed by atoms with E-state index < -0.39 is 0 Å². The van der Waals surface area contributed by atoms with Gasteiger partial charge in [0.25, 0.3) is 0 Å². The monoisotopic (exact) mass is 351 g/mol. The third-order valence-corrected chi connectivity index (χ3v) is 2.36. The van der Waals surface area contributed by atoms with Crippen molar-refractivity contribution in [3.63, 3.8) is 0 Å². The Morgan fingerprint density at radius 1 is 1.35 bits per heavy atom. The second-order valence-corrected chi connectivity index (χ2v) is 3.79. The Labute approximate surface area is 120 Å². The molecule has 5 heteroatoms. The molecule has 0 amide bonds. The summed E-state index contributed by atoms with van der Waals surface area (Å²) in [5, 5.41) is 6.48. The molecule has 0 aliphatic rings. The SMILES string of the molecule is CCCNC(=NC)NCc1cc(C)oc1C.I. The lowest BCUT2D eigenvalue weighted by molar-refractivity contribution is 0.500. The molecule has 98 valence electrons. The van der Waals surface area contributed by atoms with Crippen molar-refractivity contribution in [2.45, 2.75) is 33.7 Å². The van der Waals surface area contributed by atoms with Crippen LogP contribution in [0, 0.1) is 13.8 Å². The van der Waals surface area contributed by atoms with Gasteiger partial charge < -0.3 is 15.1 Å². The topological polar surface area (TPSA) is 49.6 Å². The molecule has 1 aromatic heterocycles. The van der Waals surface area contributed by atoms with Crippen LogP contribution in [0.1, 0.15) is 30.4 Å². The maximum Gasteiger partial charge on any atom is 0.191 e. The molecule has 2 N–H and O–H groups in total. The maximum absolute atomic E-state index is 5.46. The third-order valence-electron chi connectivity index (χ3n) is 2.36. The summed E-state index contributed by atoms with van der Waals surface area (Å²) in [6, 6.07) is 2.05. The second kappa shape index (κ2) is 8.38. The summed E-state index contributed by atoms with van der Waals surface area (Å²) >= 11 is 0. The molecule has 0 aliphatic carbocycles. The Bertz CT molecular complexity index is 361. The number of nitrogens with one attached hydrogen (secondary N) is 2. The van der Waals surface area contributed by atoms with Crippen LogP contribution in [0.3, 0.4) is 0 Å². The lowest BCUT2D eigenvalue weighted by atomic mass is 10.2. The zero-order valence-corrected chi connectivity index (χ0v) is 13.3. The van der Waals surface area contributed by atoms with Gasteiger partial charge in [-0.05, 0) is 26.3 Å². The summed E-state index contributed by atoms with van der Waals surface area (Å²) in [4.78, 5) is 4.14. The number of rotatable bonds is 4. The zero-order valence-electron chi connectivity index (χ0n) is 11.0. The summed E-state index contributed by atoms with van der Waals surface area (Å²) in [7, 11) is 1.78. The second-order valence-electron chi connectivity index (χ2n) is 3.79. The van der Waals surface area contributed by atoms with Gasteiger partial charge in [-0.1, -0.05) is 6.92 Å². The highest BCUT2D eigenvalue weighted by molar-refractivity contribution is 14.0. The van der Waals surface area contributed by atoms with Crippen molar-refractivity contribution in [2.75, 3.05) is 13.6 Å². The number of hydrogen-bond donors (Lipinski definition) is 2. The fraction of sp³-hybridized carbons (Fsp3) is 0.583. The summed E-state index contributed by atoms with van der Waals surface area (Å²) in [5.74, 6) is 2.75. The molecule has 1 rings (SSSR count). The van der Waals surface area contributed by atoms with E-state index in [-0.39, 0.29) is 24.0 Å². The van der Waals surface area contributed by atoms with Gasteiger partial charge in [-0.25, -0.2) is 0 Å². The normalized spacial score (nSPS) is 10.9. The van der Waals surface area contributed by atoms with E-state index >= 15 is 0 Å². The van der Waals surface area contributed by atoms with Crippen molar-refractivity contribution in [3.8, 4) is 0 Å². The van der Waals surface area contributed by atoms with Crippen molar-refractivity contribution >= 4 is 29.9 Å². The van der Waals surface area contributed by atoms with E-state index in [4.69, 9.17) is 4.42 Å². The summed E-state index contributed by atoms with van der Waals surface area (Å²) < 4.78 is 5.46. The molecule has 0 spiro atoms. The van der Waals surface area contributed by atoms with Gasteiger partial charge in [-0.2, -0.15) is 0 Å². The lowest BCUT2D eigenvalue weighted by Gasteiger charge is -2.10. The maximum atomic E-state index is 5.46. The average molecular weight is 351 g/mol. The van der Waals surface area contributed by atoms with Gasteiger partial charge in [0.1, 0.15) is 11.5 Å². The van der Waals surface area contributed by atoms with Gasteiger partial charge in [-0.15, -0.1) is 24.0 Å². The molecule has 0 atom stereocenters. The van der Waals surface area contributed by atoms with Gasteiger partial charge >= 0.3 is 0 Å². The first-order chi connectivity index (χ1) is 7.67. The highest BCUT2D eigenvalue weighted by Gasteiger charge is 2.04. The van der Waals surface area contributed by atoms with Crippen LogP contribution < -0.4 is 10.6 Å². The lowest BCUT2D eigenvalue weighted by Crippen LogP contribution is -2.37. The van der Waals surface area contributed by atoms with Crippen molar-refractivity contribution < 1.29 is 4.42 Å². The van der Waals surface area contributed by atoms with E-state index in [0.717, 1.165) is 37.0 Å². The van der Waals surface area contributed by atoms with E-state index in [1.807, 2.05) is 13.8 Å². The number of hydrogen-bond acceptors (Lipinski definition) is 2. The van der Waals surface area contributed by atoms with Crippen LogP contribution in [0.5, 0.6) is 0 Å². The number of aliphatic imine (C=N–C) groups is 1. The quantitative estimate of drug-likeness (QED) is 0.498. The van der Waals surface area contributed by atoms with Crippen molar-refractivity contribution in [2.24, 2.45) is 4.99 Å². The number of nitrogens with zero attached hydrogens (tertiary/aromatic N) is 1. The highest BCUT2D eigenvalue weighted by Crippen LogP contribution is 2.12. The predicted molar refractivity (Wildman–Crippen MR) is 82.1 cm³/mol. The molecular formula is C12H22IN3O. The Hall–Kier alpha value is -0.720. The minimum atomic E-state index is 0. The van der Waals surface area contributed by atoms with Crippen molar-refractivity contribution in [3.05, 3.63) is 23.2 Å². The summed E-state index contributed by atoms with van der Waals surface area (Å²) in [5.41, 5.74) is 1.18. The van der Waals surface area contributed by atoms with E-state index in [0.29, 0.717) is 0 Å². The van der Waals surface area contributed by atoms with E-state index in [1.54, 1.807) is 7.05 Å². The summed E-state index contributed by atoms with van der Waals surface area (Å²) in [6.45, 7) is 7.74. The molecule has 0 saturated carbocycles. The van der Waals surface area contributed by atoms with Crippen LogP contribution in [-0.2, 0) is 6.54 Å². The molecule has 1 aromatic rings. The largest absolute Gasteiger partial charge is 0.466 e. The smallest absolute Gasteiger partial charge is 0.191 e. The van der Waals surface area contributed by atoms with Crippen molar-refractivity contribution in [1.82, 2.24) is 10.6 Å². The van der Waals surface area contributed by atoms with Crippen LogP contribution in [-0.4, -0.2) is 19.6 Å². The fourth-order valence-corrected chi connectivity index (χ4v) is 1.50. The Morgan fingerprint density at radius 3 is 2.53 bits per heavy atom. The van der Waals surface area contributed by atoms with Crippen LogP contribution in [0.2, 0.25) is 0 Å². The molecule has 0 saturated heterocycles. The first-order valence-corrected chi connectivity index (χ1v) is 5.67. The molecule has 0 radical (unpaired) electrons. The van der Waals surface area contributed by atoms with E-state index in [9.17, 15) is 0 Å². The van der Waals surface area contributed by atoms with Gasteiger partial charge in [0.15, 0.2) is 5.96 Å². The molecular weight excluding hydrogens is 329 g/mol. The fourth-order valence-electron chi connectivity index (χ4n) is 1.50.